The lowest BCUT2D eigenvalue weighted by molar-refractivity contribution is -0.384. The highest BCUT2D eigenvalue weighted by atomic mass is 32.1. The quantitative estimate of drug-likeness (QED) is 0.486. The van der Waals surface area contributed by atoms with E-state index in [1.165, 1.54) is 22.9 Å². The summed E-state index contributed by atoms with van der Waals surface area (Å²) in [5.74, 6) is -0.270. The number of anilines is 1. The number of hydrogen-bond donors (Lipinski definition) is 0. The number of nitrogens with zero attached hydrogens (tertiary/aromatic N) is 4. The molecular formula is C20H18N4O4S. The van der Waals surface area contributed by atoms with Crippen molar-refractivity contribution in [3.05, 3.63) is 73.4 Å². The maximum absolute atomic E-state index is 12.9. The normalized spacial score (nSPS) is 13.2. The van der Waals surface area contributed by atoms with E-state index < -0.39 is 4.92 Å². The van der Waals surface area contributed by atoms with Gasteiger partial charge in [0.2, 0.25) is 5.91 Å². The lowest BCUT2D eigenvalue weighted by Gasteiger charge is -2.29. The standard InChI is InChI=1S/C20H18N4O4S/c1-13-4-8-18(29-13)16-6-9-19(25)23(21-16)12-20(26)22-10-2-3-14-11-15(24(27)28)5-7-17(14)22/h4-9,11H,2-3,10,12H2,1H3. The van der Waals surface area contributed by atoms with Gasteiger partial charge in [0.1, 0.15) is 12.2 Å². The van der Waals surface area contributed by atoms with Gasteiger partial charge in [-0.2, -0.15) is 5.10 Å². The molecule has 2 aromatic heterocycles. The number of fused-ring (bicyclic) bond motifs is 1. The van der Waals surface area contributed by atoms with Crippen LogP contribution in [0.3, 0.4) is 0 Å². The van der Waals surface area contributed by atoms with E-state index in [4.69, 9.17) is 0 Å². The molecule has 0 saturated carbocycles. The van der Waals surface area contributed by atoms with E-state index >= 15 is 0 Å². The zero-order valence-electron chi connectivity index (χ0n) is 15.7. The van der Waals surface area contributed by atoms with Crippen molar-refractivity contribution in [2.45, 2.75) is 26.3 Å². The summed E-state index contributed by atoms with van der Waals surface area (Å²) in [4.78, 5) is 39.4. The van der Waals surface area contributed by atoms with Crippen LogP contribution < -0.4 is 10.5 Å². The zero-order valence-corrected chi connectivity index (χ0v) is 16.5. The summed E-state index contributed by atoms with van der Waals surface area (Å²) in [6.07, 6.45) is 1.38. The average Bonchev–Trinajstić information content (AvgIpc) is 3.15. The van der Waals surface area contributed by atoms with Crippen molar-refractivity contribution < 1.29 is 9.72 Å². The number of nitro benzene ring substituents is 1. The van der Waals surface area contributed by atoms with Crippen LogP contribution in [-0.2, 0) is 17.8 Å². The molecule has 0 saturated heterocycles. The van der Waals surface area contributed by atoms with Gasteiger partial charge in [0, 0.05) is 35.3 Å². The fourth-order valence-corrected chi connectivity index (χ4v) is 4.27. The van der Waals surface area contributed by atoms with Crippen molar-refractivity contribution in [1.29, 1.82) is 0 Å². The molecular weight excluding hydrogens is 392 g/mol. The number of aromatic nitrogens is 2. The van der Waals surface area contributed by atoms with E-state index in [0.29, 0.717) is 30.8 Å². The van der Waals surface area contributed by atoms with Crippen LogP contribution in [0.15, 0.2) is 47.3 Å². The highest BCUT2D eigenvalue weighted by Crippen LogP contribution is 2.30. The van der Waals surface area contributed by atoms with Crippen molar-refractivity contribution in [3.8, 4) is 10.6 Å². The van der Waals surface area contributed by atoms with Gasteiger partial charge in [-0.15, -0.1) is 11.3 Å². The molecule has 0 bridgehead atoms. The molecule has 1 aromatic carbocycles. The molecule has 29 heavy (non-hydrogen) atoms. The second-order valence-electron chi connectivity index (χ2n) is 6.84. The number of hydrogen-bond acceptors (Lipinski definition) is 6. The monoisotopic (exact) mass is 410 g/mol. The molecule has 0 aliphatic carbocycles. The van der Waals surface area contributed by atoms with Gasteiger partial charge in [-0.05, 0) is 49.6 Å². The first kappa shape index (κ1) is 19.0. The smallest absolute Gasteiger partial charge is 0.269 e. The number of benzene rings is 1. The van der Waals surface area contributed by atoms with Gasteiger partial charge in [0.25, 0.3) is 11.2 Å². The van der Waals surface area contributed by atoms with E-state index in [1.54, 1.807) is 28.4 Å². The molecule has 0 radical (unpaired) electrons. The van der Waals surface area contributed by atoms with Crippen molar-refractivity contribution >= 4 is 28.6 Å². The Labute approximate surface area is 170 Å². The van der Waals surface area contributed by atoms with E-state index in [9.17, 15) is 19.7 Å². The molecule has 148 valence electrons. The average molecular weight is 410 g/mol. The summed E-state index contributed by atoms with van der Waals surface area (Å²) < 4.78 is 1.17. The van der Waals surface area contributed by atoms with Crippen molar-refractivity contribution in [2.24, 2.45) is 0 Å². The number of carbonyl (C=O) groups is 1. The maximum atomic E-state index is 12.9. The summed E-state index contributed by atoms with van der Waals surface area (Å²) in [5, 5.41) is 15.4. The first-order valence-corrected chi connectivity index (χ1v) is 9.97. The summed E-state index contributed by atoms with van der Waals surface area (Å²) in [7, 11) is 0. The van der Waals surface area contributed by atoms with Gasteiger partial charge in [-0.1, -0.05) is 0 Å². The second kappa shape index (κ2) is 7.59. The fraction of sp³-hybridized carbons (Fsp3) is 0.250. The highest BCUT2D eigenvalue weighted by Gasteiger charge is 2.25. The molecule has 0 N–H and O–H groups in total. The van der Waals surface area contributed by atoms with E-state index in [2.05, 4.69) is 5.10 Å². The number of rotatable bonds is 4. The Hall–Kier alpha value is -3.33. The Morgan fingerprint density at radius 2 is 2.07 bits per heavy atom. The van der Waals surface area contributed by atoms with Crippen molar-refractivity contribution in [2.75, 3.05) is 11.4 Å². The summed E-state index contributed by atoms with van der Waals surface area (Å²) in [5.41, 5.74) is 1.73. The first-order valence-electron chi connectivity index (χ1n) is 9.15. The van der Waals surface area contributed by atoms with Gasteiger partial charge < -0.3 is 4.90 Å². The lowest BCUT2D eigenvalue weighted by Crippen LogP contribution is -2.40. The van der Waals surface area contributed by atoms with Crippen LogP contribution in [0.1, 0.15) is 16.9 Å². The van der Waals surface area contributed by atoms with Gasteiger partial charge in [-0.3, -0.25) is 19.7 Å². The minimum absolute atomic E-state index is 0.00915. The number of carbonyl (C=O) groups excluding carboxylic acids is 1. The summed E-state index contributed by atoms with van der Waals surface area (Å²) >= 11 is 1.57. The molecule has 1 amide bonds. The number of amides is 1. The van der Waals surface area contributed by atoms with E-state index in [1.807, 2.05) is 19.1 Å². The summed E-state index contributed by atoms with van der Waals surface area (Å²) in [6, 6.07) is 11.5. The van der Waals surface area contributed by atoms with Crippen LogP contribution in [0, 0.1) is 17.0 Å². The number of aryl methyl sites for hydroxylation is 2. The van der Waals surface area contributed by atoms with Gasteiger partial charge in [-0.25, -0.2) is 4.68 Å². The molecule has 0 atom stereocenters. The molecule has 0 unspecified atom stereocenters. The van der Waals surface area contributed by atoms with E-state index in [-0.39, 0.29) is 23.7 Å². The van der Waals surface area contributed by atoms with Crippen LogP contribution in [0.4, 0.5) is 11.4 Å². The minimum atomic E-state index is -0.442. The highest BCUT2D eigenvalue weighted by molar-refractivity contribution is 7.15. The SMILES string of the molecule is Cc1ccc(-c2ccc(=O)n(CC(=O)N3CCCc4cc([N+](=O)[O-])ccc43)n2)s1. The molecule has 9 heteroatoms. The Balaban J connectivity index is 1.61. The molecule has 8 nitrogen and oxygen atoms in total. The fourth-order valence-electron chi connectivity index (χ4n) is 3.44. The topological polar surface area (TPSA) is 98.3 Å². The Morgan fingerprint density at radius 1 is 1.24 bits per heavy atom. The van der Waals surface area contributed by atoms with E-state index in [0.717, 1.165) is 15.3 Å². The lowest BCUT2D eigenvalue weighted by atomic mass is 10.0. The predicted molar refractivity (Wildman–Crippen MR) is 110 cm³/mol. The number of nitro groups is 1. The molecule has 1 aliphatic heterocycles. The van der Waals surface area contributed by atoms with Gasteiger partial charge in [0.15, 0.2) is 0 Å². The third-order valence-electron chi connectivity index (χ3n) is 4.84. The predicted octanol–water partition coefficient (Wildman–Crippen LogP) is 3.17. The maximum Gasteiger partial charge on any atom is 0.269 e. The van der Waals surface area contributed by atoms with Crippen LogP contribution in [0.5, 0.6) is 0 Å². The Morgan fingerprint density at radius 3 is 2.79 bits per heavy atom. The number of thiophene rings is 1. The third kappa shape index (κ3) is 3.81. The van der Waals surface area contributed by atoms with Crippen molar-refractivity contribution in [1.82, 2.24) is 9.78 Å². The summed E-state index contributed by atoms with van der Waals surface area (Å²) in [6.45, 7) is 2.31. The molecule has 3 heterocycles. The Bertz CT molecular complexity index is 1170. The van der Waals surface area contributed by atoms with Gasteiger partial charge in [0.05, 0.1) is 9.80 Å². The molecule has 4 rings (SSSR count). The molecule has 3 aromatic rings. The Kier molecular flexibility index (Phi) is 4.98. The molecule has 0 fully saturated rings. The van der Waals surface area contributed by atoms with Crippen molar-refractivity contribution in [3.63, 3.8) is 0 Å². The van der Waals surface area contributed by atoms with Crippen LogP contribution in [0.25, 0.3) is 10.6 Å². The first-order chi connectivity index (χ1) is 13.9. The second-order valence-corrected chi connectivity index (χ2v) is 8.13. The van der Waals surface area contributed by atoms with Crippen LogP contribution >= 0.6 is 11.3 Å². The number of non-ortho nitro benzene ring substituents is 1. The largest absolute Gasteiger partial charge is 0.311 e. The van der Waals surface area contributed by atoms with Gasteiger partial charge >= 0.3 is 0 Å². The molecule has 1 aliphatic rings. The minimum Gasteiger partial charge on any atom is -0.311 e. The zero-order chi connectivity index (χ0) is 20.5. The third-order valence-corrected chi connectivity index (χ3v) is 5.86. The van der Waals surface area contributed by atoms with Crippen LogP contribution in [0.2, 0.25) is 0 Å². The molecule has 0 spiro atoms. The van der Waals surface area contributed by atoms with Crippen LogP contribution in [-0.4, -0.2) is 27.2 Å².